The second-order valence-corrected chi connectivity index (χ2v) is 7.72. The fourth-order valence-corrected chi connectivity index (χ4v) is 4.47. The summed E-state index contributed by atoms with van der Waals surface area (Å²) < 4.78 is 5.53. The predicted octanol–water partition coefficient (Wildman–Crippen LogP) is 3.34. The second-order valence-electron chi connectivity index (χ2n) is 6.43. The Morgan fingerprint density at radius 2 is 2.23 bits per heavy atom. The van der Waals surface area contributed by atoms with E-state index in [0.29, 0.717) is 11.0 Å². The number of benzene rings is 1. The third-order valence-corrected chi connectivity index (χ3v) is 5.83. The number of carbonyl (C=O) groups excluding carboxylic acids is 1. The first-order valence-electron chi connectivity index (χ1n) is 8.36. The van der Waals surface area contributed by atoms with Crippen molar-refractivity contribution in [3.63, 3.8) is 0 Å². The summed E-state index contributed by atoms with van der Waals surface area (Å²) in [5.74, 6) is 1.80. The summed E-state index contributed by atoms with van der Waals surface area (Å²) >= 11 is 1.83. The summed E-state index contributed by atoms with van der Waals surface area (Å²) in [5, 5.41) is 3.84. The summed E-state index contributed by atoms with van der Waals surface area (Å²) in [7, 11) is 0. The monoisotopic (exact) mass is 319 g/mol. The van der Waals surface area contributed by atoms with Crippen LogP contribution in [0.15, 0.2) is 18.2 Å². The van der Waals surface area contributed by atoms with Crippen LogP contribution in [-0.2, 0) is 17.6 Å². The molecule has 1 N–H and O–H groups in total. The van der Waals surface area contributed by atoms with Crippen LogP contribution in [0.4, 0.5) is 0 Å². The van der Waals surface area contributed by atoms with Crippen molar-refractivity contribution in [3.05, 3.63) is 29.3 Å². The molecule has 3 rings (SSSR count). The molecule has 120 valence electrons. The molecule has 1 aromatic rings. The highest BCUT2D eigenvalue weighted by Crippen LogP contribution is 2.29. The van der Waals surface area contributed by atoms with Crippen molar-refractivity contribution in [3.8, 4) is 5.75 Å². The normalized spacial score (nSPS) is 18.8. The Bertz CT molecular complexity index is 526. The minimum atomic E-state index is 0.175. The molecule has 2 aliphatic rings. The summed E-state index contributed by atoms with van der Waals surface area (Å²) in [6, 6.07) is 6.57. The molecular formula is C18H25NO2S. The van der Waals surface area contributed by atoms with Crippen molar-refractivity contribution in [1.29, 1.82) is 0 Å². The van der Waals surface area contributed by atoms with Crippen LogP contribution in [0.3, 0.4) is 0 Å². The van der Waals surface area contributed by atoms with Crippen molar-refractivity contribution in [2.24, 2.45) is 0 Å². The van der Waals surface area contributed by atoms with Crippen LogP contribution in [0, 0.1) is 0 Å². The van der Waals surface area contributed by atoms with Crippen molar-refractivity contribution in [1.82, 2.24) is 5.32 Å². The fourth-order valence-electron chi connectivity index (χ4n) is 3.34. The van der Waals surface area contributed by atoms with Gasteiger partial charge < -0.3 is 10.1 Å². The molecule has 1 aromatic carbocycles. The minimum absolute atomic E-state index is 0.175. The van der Waals surface area contributed by atoms with Gasteiger partial charge in [0.15, 0.2) is 0 Å². The third-order valence-electron chi connectivity index (χ3n) is 4.46. The molecule has 22 heavy (non-hydrogen) atoms. The Hall–Kier alpha value is -1.16. The largest absolute Gasteiger partial charge is 0.493 e. The number of carbonyl (C=O) groups is 1. The van der Waals surface area contributed by atoms with Crippen LogP contribution in [-0.4, -0.2) is 29.6 Å². The topological polar surface area (TPSA) is 38.3 Å². The Labute approximate surface area is 137 Å². The lowest BCUT2D eigenvalue weighted by Gasteiger charge is -2.15. The highest BCUT2D eigenvalue weighted by atomic mass is 32.2. The molecule has 1 aliphatic heterocycles. The molecule has 0 spiro atoms. The van der Waals surface area contributed by atoms with E-state index >= 15 is 0 Å². The Morgan fingerprint density at radius 3 is 3.05 bits per heavy atom. The van der Waals surface area contributed by atoms with E-state index in [-0.39, 0.29) is 11.9 Å². The van der Waals surface area contributed by atoms with Crippen molar-refractivity contribution >= 4 is 17.7 Å². The molecule has 3 nitrogen and oxygen atoms in total. The molecular weight excluding hydrogens is 294 g/mol. The summed E-state index contributed by atoms with van der Waals surface area (Å²) in [6.45, 7) is 2.88. The van der Waals surface area contributed by atoms with Crippen LogP contribution >= 0.6 is 11.8 Å². The van der Waals surface area contributed by atoms with Gasteiger partial charge in [0.2, 0.25) is 5.91 Å². The molecule has 4 heteroatoms. The smallest absolute Gasteiger partial charge is 0.230 e. The molecule has 1 heterocycles. The molecule has 1 atom stereocenters. The number of thioether (sulfide) groups is 1. The van der Waals surface area contributed by atoms with E-state index in [2.05, 4.69) is 30.4 Å². The number of ether oxygens (including phenoxy) is 1. The summed E-state index contributed by atoms with van der Waals surface area (Å²) in [4.78, 5) is 12.0. The molecule has 1 fully saturated rings. The lowest BCUT2D eigenvalue weighted by atomic mass is 10.0. The summed E-state index contributed by atoms with van der Waals surface area (Å²) in [6.07, 6.45) is 7.11. The van der Waals surface area contributed by atoms with Crippen LogP contribution < -0.4 is 10.1 Å². The molecule has 0 radical (unpaired) electrons. The molecule has 0 aromatic heterocycles. The van der Waals surface area contributed by atoms with E-state index in [0.717, 1.165) is 25.2 Å². The van der Waals surface area contributed by atoms with Gasteiger partial charge in [0.25, 0.3) is 0 Å². The van der Waals surface area contributed by atoms with E-state index in [1.807, 2.05) is 11.8 Å². The second kappa shape index (κ2) is 7.40. The van der Waals surface area contributed by atoms with Crippen LogP contribution in [0.1, 0.15) is 43.7 Å². The standard InChI is InChI=1S/C18H25NO2S/c1-13(19-18(20)12-22-16-4-2-3-5-16)10-14-6-7-17-15(11-14)8-9-21-17/h6-7,11,13,16H,2-5,8-10,12H2,1H3,(H,19,20). The van der Waals surface area contributed by atoms with Gasteiger partial charge in [-0.1, -0.05) is 25.0 Å². The molecule has 0 bridgehead atoms. The average molecular weight is 319 g/mol. The van der Waals surface area contributed by atoms with E-state index in [1.54, 1.807) is 0 Å². The SMILES string of the molecule is CC(Cc1ccc2c(c1)CCO2)NC(=O)CSC1CCCC1. The zero-order valence-electron chi connectivity index (χ0n) is 13.3. The number of nitrogens with one attached hydrogen (secondary N) is 1. The van der Waals surface area contributed by atoms with Gasteiger partial charge >= 0.3 is 0 Å². The van der Waals surface area contributed by atoms with Gasteiger partial charge in [0, 0.05) is 17.7 Å². The van der Waals surface area contributed by atoms with E-state index in [4.69, 9.17) is 4.74 Å². The van der Waals surface area contributed by atoms with Gasteiger partial charge in [0.05, 0.1) is 12.4 Å². The molecule has 1 saturated carbocycles. The molecule has 1 aliphatic carbocycles. The zero-order valence-corrected chi connectivity index (χ0v) is 14.1. The third kappa shape index (κ3) is 4.19. The minimum Gasteiger partial charge on any atom is -0.493 e. The van der Waals surface area contributed by atoms with E-state index in [1.165, 1.54) is 36.8 Å². The highest BCUT2D eigenvalue weighted by Gasteiger charge is 2.18. The van der Waals surface area contributed by atoms with E-state index < -0.39 is 0 Å². The lowest BCUT2D eigenvalue weighted by molar-refractivity contribution is -0.119. The maximum absolute atomic E-state index is 12.0. The molecule has 1 unspecified atom stereocenters. The molecule has 0 saturated heterocycles. The van der Waals surface area contributed by atoms with Crippen LogP contribution in [0.5, 0.6) is 5.75 Å². The number of rotatable bonds is 6. The van der Waals surface area contributed by atoms with E-state index in [9.17, 15) is 4.79 Å². The van der Waals surface area contributed by atoms with Crippen molar-refractivity contribution in [2.45, 2.75) is 56.7 Å². The van der Waals surface area contributed by atoms with Crippen molar-refractivity contribution in [2.75, 3.05) is 12.4 Å². The zero-order chi connectivity index (χ0) is 15.4. The summed E-state index contributed by atoms with van der Waals surface area (Å²) in [5.41, 5.74) is 2.58. The Balaban J connectivity index is 1.43. The maximum atomic E-state index is 12.0. The number of fused-ring (bicyclic) bond motifs is 1. The highest BCUT2D eigenvalue weighted by molar-refractivity contribution is 8.00. The maximum Gasteiger partial charge on any atom is 0.230 e. The number of hydrogen-bond acceptors (Lipinski definition) is 3. The van der Waals surface area contributed by atoms with Crippen LogP contribution in [0.25, 0.3) is 0 Å². The van der Waals surface area contributed by atoms with Gasteiger partial charge in [0.1, 0.15) is 5.75 Å². The van der Waals surface area contributed by atoms with Crippen molar-refractivity contribution < 1.29 is 9.53 Å². The van der Waals surface area contributed by atoms with Gasteiger partial charge in [-0.15, -0.1) is 11.8 Å². The number of hydrogen-bond donors (Lipinski definition) is 1. The number of amides is 1. The van der Waals surface area contributed by atoms with Gasteiger partial charge in [-0.2, -0.15) is 0 Å². The van der Waals surface area contributed by atoms with Gasteiger partial charge in [-0.05, 0) is 43.4 Å². The van der Waals surface area contributed by atoms with Gasteiger partial charge in [-0.25, -0.2) is 0 Å². The Morgan fingerprint density at radius 1 is 1.41 bits per heavy atom. The predicted molar refractivity (Wildman–Crippen MR) is 91.7 cm³/mol. The lowest BCUT2D eigenvalue weighted by Crippen LogP contribution is -2.35. The quantitative estimate of drug-likeness (QED) is 0.874. The van der Waals surface area contributed by atoms with Gasteiger partial charge in [-0.3, -0.25) is 4.79 Å². The van der Waals surface area contributed by atoms with Crippen LogP contribution in [0.2, 0.25) is 0 Å². The first kappa shape index (κ1) is 15.7. The first-order valence-corrected chi connectivity index (χ1v) is 9.41. The Kier molecular flexibility index (Phi) is 5.29. The average Bonchev–Trinajstić information content (AvgIpc) is 3.15. The fraction of sp³-hybridized carbons (Fsp3) is 0.611. The first-order chi connectivity index (χ1) is 10.7. The molecule has 1 amide bonds.